The van der Waals surface area contributed by atoms with Gasteiger partial charge in [0, 0.05) is 11.4 Å². The summed E-state index contributed by atoms with van der Waals surface area (Å²) in [4.78, 5) is 8.22. The number of para-hydroxylation sites is 2. The molecule has 0 unspecified atom stereocenters. The van der Waals surface area contributed by atoms with Crippen LogP contribution in [0.3, 0.4) is 0 Å². The lowest BCUT2D eigenvalue weighted by Gasteiger charge is -2.19. The number of hydrogen-bond acceptors (Lipinski definition) is 3. The zero-order valence-corrected chi connectivity index (χ0v) is 14.3. The van der Waals surface area contributed by atoms with Crippen LogP contribution in [0.4, 0.5) is 0 Å². The van der Waals surface area contributed by atoms with Crippen molar-refractivity contribution >= 4 is 11.0 Å². The Balaban J connectivity index is 1.96. The minimum atomic E-state index is -0.236. The first kappa shape index (κ1) is 14.7. The molecule has 1 aromatic carbocycles. The van der Waals surface area contributed by atoms with Crippen molar-refractivity contribution in [3.8, 4) is 0 Å². The Labute approximate surface area is 140 Å². The standard InChI is InChI=1S/C18H20N6/c1-11-9-13(3)23(21-11)18(24-14(4)10-12(2)22-24)17-19-15-7-5-6-8-16(15)20-17/h5-10,18H,1-4H3,(H,19,20). The van der Waals surface area contributed by atoms with Crippen molar-refractivity contribution < 1.29 is 0 Å². The Kier molecular flexibility index (Phi) is 3.26. The summed E-state index contributed by atoms with van der Waals surface area (Å²) in [6, 6.07) is 12.2. The van der Waals surface area contributed by atoms with Gasteiger partial charge in [-0.25, -0.2) is 14.3 Å². The van der Waals surface area contributed by atoms with Gasteiger partial charge in [-0.3, -0.25) is 0 Å². The molecule has 0 aliphatic rings. The molecule has 6 nitrogen and oxygen atoms in total. The van der Waals surface area contributed by atoms with E-state index in [0.717, 1.165) is 39.6 Å². The topological polar surface area (TPSA) is 64.3 Å². The molecule has 0 bridgehead atoms. The van der Waals surface area contributed by atoms with Gasteiger partial charge in [-0.05, 0) is 52.0 Å². The molecule has 0 aliphatic heterocycles. The predicted octanol–water partition coefficient (Wildman–Crippen LogP) is 3.28. The van der Waals surface area contributed by atoms with Gasteiger partial charge in [0.15, 0.2) is 5.82 Å². The van der Waals surface area contributed by atoms with E-state index < -0.39 is 0 Å². The monoisotopic (exact) mass is 320 g/mol. The average molecular weight is 320 g/mol. The lowest BCUT2D eigenvalue weighted by Crippen LogP contribution is -2.25. The van der Waals surface area contributed by atoms with Gasteiger partial charge in [0.1, 0.15) is 0 Å². The molecule has 1 N–H and O–H groups in total. The van der Waals surface area contributed by atoms with E-state index in [-0.39, 0.29) is 6.17 Å². The predicted molar refractivity (Wildman–Crippen MR) is 93.0 cm³/mol. The second-order valence-corrected chi connectivity index (χ2v) is 6.26. The minimum Gasteiger partial charge on any atom is -0.338 e. The number of aryl methyl sites for hydroxylation is 4. The zero-order chi connectivity index (χ0) is 16.8. The molecule has 3 heterocycles. The summed E-state index contributed by atoms with van der Waals surface area (Å²) in [6.45, 7) is 8.11. The van der Waals surface area contributed by atoms with E-state index in [9.17, 15) is 0 Å². The molecule has 0 saturated heterocycles. The van der Waals surface area contributed by atoms with Crippen LogP contribution in [0.15, 0.2) is 36.4 Å². The summed E-state index contributed by atoms with van der Waals surface area (Å²) in [5.74, 6) is 0.827. The molecule has 0 aliphatic carbocycles. The first-order valence-electron chi connectivity index (χ1n) is 8.03. The third-order valence-electron chi connectivity index (χ3n) is 4.20. The van der Waals surface area contributed by atoms with Gasteiger partial charge >= 0.3 is 0 Å². The van der Waals surface area contributed by atoms with Crippen LogP contribution in [0.5, 0.6) is 0 Å². The number of rotatable bonds is 3. The Morgan fingerprint density at radius 2 is 1.46 bits per heavy atom. The highest BCUT2D eigenvalue weighted by atomic mass is 15.5. The maximum absolute atomic E-state index is 4.79. The molecule has 0 spiro atoms. The van der Waals surface area contributed by atoms with E-state index in [0.29, 0.717) is 0 Å². The molecule has 0 saturated carbocycles. The van der Waals surface area contributed by atoms with Crippen molar-refractivity contribution in [2.45, 2.75) is 33.9 Å². The van der Waals surface area contributed by atoms with E-state index in [1.807, 2.05) is 47.5 Å². The summed E-state index contributed by atoms with van der Waals surface area (Å²) in [5, 5.41) is 9.36. The third-order valence-corrected chi connectivity index (χ3v) is 4.20. The van der Waals surface area contributed by atoms with Crippen molar-refractivity contribution in [1.82, 2.24) is 29.5 Å². The highest BCUT2D eigenvalue weighted by molar-refractivity contribution is 5.74. The van der Waals surface area contributed by atoms with Crippen LogP contribution in [-0.4, -0.2) is 29.5 Å². The van der Waals surface area contributed by atoms with E-state index >= 15 is 0 Å². The fraction of sp³-hybridized carbons (Fsp3) is 0.278. The Morgan fingerprint density at radius 1 is 0.875 bits per heavy atom. The van der Waals surface area contributed by atoms with Gasteiger partial charge in [-0.2, -0.15) is 10.2 Å². The van der Waals surface area contributed by atoms with Crippen molar-refractivity contribution in [3.63, 3.8) is 0 Å². The normalized spacial score (nSPS) is 11.7. The Hall–Kier alpha value is -2.89. The number of nitrogens with zero attached hydrogens (tertiary/aromatic N) is 5. The molecule has 24 heavy (non-hydrogen) atoms. The summed E-state index contributed by atoms with van der Waals surface area (Å²) < 4.78 is 3.96. The maximum atomic E-state index is 4.79. The van der Waals surface area contributed by atoms with Crippen LogP contribution < -0.4 is 0 Å². The van der Waals surface area contributed by atoms with Crippen molar-refractivity contribution in [2.24, 2.45) is 0 Å². The van der Waals surface area contributed by atoms with Gasteiger partial charge in [0.25, 0.3) is 0 Å². The van der Waals surface area contributed by atoms with Crippen molar-refractivity contribution in [2.75, 3.05) is 0 Å². The fourth-order valence-electron chi connectivity index (χ4n) is 3.22. The summed E-state index contributed by atoms with van der Waals surface area (Å²) in [7, 11) is 0. The average Bonchev–Trinajstić information content (AvgIpc) is 3.18. The maximum Gasteiger partial charge on any atom is 0.201 e. The molecule has 0 atom stereocenters. The van der Waals surface area contributed by atoms with Crippen LogP contribution in [0.1, 0.15) is 34.8 Å². The molecule has 0 amide bonds. The fourth-order valence-corrected chi connectivity index (χ4v) is 3.22. The highest BCUT2D eigenvalue weighted by Crippen LogP contribution is 2.24. The number of nitrogens with one attached hydrogen (secondary N) is 1. The third kappa shape index (κ3) is 2.31. The Bertz CT molecular complexity index is 940. The van der Waals surface area contributed by atoms with Crippen LogP contribution in [0, 0.1) is 27.7 Å². The second kappa shape index (κ2) is 5.33. The Morgan fingerprint density at radius 3 is 1.96 bits per heavy atom. The summed E-state index contributed by atoms with van der Waals surface area (Å²) in [6.07, 6.45) is -0.236. The second-order valence-electron chi connectivity index (χ2n) is 6.26. The molecule has 122 valence electrons. The van der Waals surface area contributed by atoms with Gasteiger partial charge in [0.2, 0.25) is 6.17 Å². The van der Waals surface area contributed by atoms with Crippen molar-refractivity contribution in [3.05, 3.63) is 65.0 Å². The van der Waals surface area contributed by atoms with E-state index in [2.05, 4.69) is 41.2 Å². The lowest BCUT2D eigenvalue weighted by molar-refractivity contribution is 0.387. The van der Waals surface area contributed by atoms with E-state index in [1.54, 1.807) is 0 Å². The molecule has 0 fully saturated rings. The first-order valence-corrected chi connectivity index (χ1v) is 8.03. The van der Waals surface area contributed by atoms with Crippen LogP contribution in [0.2, 0.25) is 0 Å². The smallest absolute Gasteiger partial charge is 0.201 e. The largest absolute Gasteiger partial charge is 0.338 e. The van der Waals surface area contributed by atoms with E-state index in [1.165, 1.54) is 0 Å². The van der Waals surface area contributed by atoms with Crippen molar-refractivity contribution in [1.29, 1.82) is 0 Å². The molecular weight excluding hydrogens is 300 g/mol. The van der Waals surface area contributed by atoms with Gasteiger partial charge < -0.3 is 4.98 Å². The van der Waals surface area contributed by atoms with Crippen LogP contribution in [-0.2, 0) is 0 Å². The minimum absolute atomic E-state index is 0.236. The van der Waals surface area contributed by atoms with Gasteiger partial charge in [0.05, 0.1) is 22.4 Å². The highest BCUT2D eigenvalue weighted by Gasteiger charge is 2.24. The molecule has 6 heteroatoms. The number of aromatic amines is 1. The number of aromatic nitrogens is 6. The van der Waals surface area contributed by atoms with Gasteiger partial charge in [-0.15, -0.1) is 0 Å². The molecule has 4 aromatic rings. The number of H-pyrrole nitrogens is 1. The number of hydrogen-bond donors (Lipinski definition) is 1. The SMILES string of the molecule is Cc1cc(C)n(C(c2nc3ccccc3[nH]2)n2nc(C)cc2C)n1. The number of imidazole rings is 1. The lowest BCUT2D eigenvalue weighted by atomic mass is 10.3. The zero-order valence-electron chi connectivity index (χ0n) is 14.3. The molecule has 4 rings (SSSR count). The number of fused-ring (bicyclic) bond motifs is 1. The quantitative estimate of drug-likeness (QED) is 0.630. The first-order chi connectivity index (χ1) is 11.5. The van der Waals surface area contributed by atoms with E-state index in [4.69, 9.17) is 4.98 Å². The molecule has 3 aromatic heterocycles. The summed E-state index contributed by atoms with van der Waals surface area (Å²) >= 11 is 0. The number of benzene rings is 1. The van der Waals surface area contributed by atoms with Gasteiger partial charge in [-0.1, -0.05) is 12.1 Å². The van der Waals surface area contributed by atoms with Crippen LogP contribution >= 0.6 is 0 Å². The molecule has 0 radical (unpaired) electrons. The van der Waals surface area contributed by atoms with Crippen LogP contribution in [0.25, 0.3) is 11.0 Å². The molecular formula is C18H20N6. The summed E-state index contributed by atoms with van der Waals surface area (Å²) in [5.41, 5.74) is 6.07.